The maximum absolute atomic E-state index is 14.7. The van der Waals surface area contributed by atoms with Crippen molar-refractivity contribution in [1.82, 2.24) is 4.98 Å². The average molecular weight is 467 g/mol. The van der Waals surface area contributed by atoms with Crippen LogP contribution in [0.1, 0.15) is 15.4 Å². The van der Waals surface area contributed by atoms with Crippen LogP contribution < -0.4 is 14.8 Å². The van der Waals surface area contributed by atoms with E-state index in [0.717, 1.165) is 11.6 Å². The highest BCUT2D eigenvalue weighted by molar-refractivity contribution is 7.17. The Balaban J connectivity index is 1.68. The molecule has 8 heteroatoms. The summed E-state index contributed by atoms with van der Waals surface area (Å²) < 4.78 is 39.3. The van der Waals surface area contributed by atoms with E-state index in [0.29, 0.717) is 32.6 Å². The molecule has 0 bridgehead atoms. The maximum Gasteiger partial charge on any atom is 0.267 e. The molecule has 0 aliphatic rings. The third kappa shape index (κ3) is 4.56. The smallest absolute Gasteiger partial charge is 0.267 e. The van der Waals surface area contributed by atoms with E-state index < -0.39 is 17.5 Å². The first kappa shape index (κ1) is 22.4. The number of benzene rings is 3. The molecule has 1 aromatic heterocycles. The quantitative estimate of drug-likeness (QED) is 0.361. The molecule has 1 heterocycles. The van der Waals surface area contributed by atoms with Gasteiger partial charge in [-0.15, -0.1) is 11.3 Å². The van der Waals surface area contributed by atoms with E-state index in [9.17, 15) is 13.6 Å². The first-order valence-electron chi connectivity index (χ1n) is 9.97. The lowest BCUT2D eigenvalue weighted by Gasteiger charge is -2.12. The van der Waals surface area contributed by atoms with Gasteiger partial charge in [0.05, 0.1) is 25.6 Å². The largest absolute Gasteiger partial charge is 0.493 e. The van der Waals surface area contributed by atoms with E-state index in [4.69, 9.17) is 9.47 Å². The van der Waals surface area contributed by atoms with Gasteiger partial charge < -0.3 is 14.8 Å². The molecule has 0 saturated heterocycles. The standard InChI is InChI=1S/C25H20F2N2O3S/c1-14-23(33-25(28-14)16-9-10-20(31-2)21(11-16)32-3)24(30)29-22-18(12-17(26)13-19(22)27)15-7-5-4-6-8-15/h4-13H,1-3H3,(H,29,30). The number of methoxy groups -OCH3 is 2. The third-order valence-electron chi connectivity index (χ3n) is 5.01. The summed E-state index contributed by atoms with van der Waals surface area (Å²) >= 11 is 1.17. The highest BCUT2D eigenvalue weighted by Crippen LogP contribution is 2.36. The zero-order chi connectivity index (χ0) is 23.5. The first-order chi connectivity index (χ1) is 15.9. The third-order valence-corrected chi connectivity index (χ3v) is 6.22. The van der Waals surface area contributed by atoms with Crippen LogP contribution in [0.2, 0.25) is 0 Å². The number of aryl methyl sites for hydroxylation is 1. The number of ether oxygens (including phenoxy) is 2. The number of rotatable bonds is 6. The summed E-state index contributed by atoms with van der Waals surface area (Å²) in [4.78, 5) is 17.9. The van der Waals surface area contributed by atoms with Crippen LogP contribution in [-0.2, 0) is 0 Å². The average Bonchev–Trinajstić information content (AvgIpc) is 3.22. The summed E-state index contributed by atoms with van der Waals surface area (Å²) in [6.45, 7) is 1.70. The summed E-state index contributed by atoms with van der Waals surface area (Å²) in [5, 5.41) is 3.21. The number of amides is 1. The molecule has 0 atom stereocenters. The zero-order valence-electron chi connectivity index (χ0n) is 18.1. The van der Waals surface area contributed by atoms with Gasteiger partial charge in [-0.3, -0.25) is 4.79 Å². The van der Waals surface area contributed by atoms with Crippen molar-refractivity contribution >= 4 is 22.9 Å². The molecule has 0 radical (unpaired) electrons. The number of hydrogen-bond donors (Lipinski definition) is 1. The number of nitrogens with one attached hydrogen (secondary N) is 1. The monoisotopic (exact) mass is 466 g/mol. The lowest BCUT2D eigenvalue weighted by atomic mass is 10.0. The SMILES string of the molecule is COc1ccc(-c2nc(C)c(C(=O)Nc3c(F)cc(F)cc3-c3ccccc3)s2)cc1OC. The second-order valence-corrected chi connectivity index (χ2v) is 8.13. The molecule has 0 aliphatic heterocycles. The van der Waals surface area contributed by atoms with Gasteiger partial charge in [0, 0.05) is 17.2 Å². The normalized spacial score (nSPS) is 10.7. The molecule has 0 aliphatic carbocycles. The van der Waals surface area contributed by atoms with Crippen LogP contribution in [-0.4, -0.2) is 25.1 Å². The molecule has 1 N–H and O–H groups in total. The predicted octanol–water partition coefficient (Wildman–Crippen LogP) is 6.33. The summed E-state index contributed by atoms with van der Waals surface area (Å²) in [7, 11) is 3.08. The van der Waals surface area contributed by atoms with Crippen molar-refractivity contribution in [3.63, 3.8) is 0 Å². The van der Waals surface area contributed by atoms with Crippen molar-refractivity contribution in [3.05, 3.63) is 82.9 Å². The van der Waals surface area contributed by atoms with Gasteiger partial charge in [-0.2, -0.15) is 0 Å². The zero-order valence-corrected chi connectivity index (χ0v) is 18.9. The molecule has 5 nitrogen and oxygen atoms in total. The second-order valence-electron chi connectivity index (χ2n) is 7.13. The fourth-order valence-corrected chi connectivity index (χ4v) is 4.37. The molecule has 0 fully saturated rings. The number of thiazole rings is 1. The van der Waals surface area contributed by atoms with E-state index in [1.165, 1.54) is 24.5 Å². The predicted molar refractivity (Wildman–Crippen MR) is 125 cm³/mol. The van der Waals surface area contributed by atoms with Gasteiger partial charge in [0.2, 0.25) is 0 Å². The number of carbonyl (C=O) groups excluding carboxylic acids is 1. The van der Waals surface area contributed by atoms with Crippen LogP contribution >= 0.6 is 11.3 Å². The lowest BCUT2D eigenvalue weighted by Crippen LogP contribution is -2.14. The molecule has 0 spiro atoms. The Hall–Kier alpha value is -3.78. The summed E-state index contributed by atoms with van der Waals surface area (Å²) in [5.41, 5.74) is 1.99. The van der Waals surface area contributed by atoms with Crippen LogP contribution in [0.3, 0.4) is 0 Å². The van der Waals surface area contributed by atoms with E-state index in [-0.39, 0.29) is 11.3 Å². The Morgan fingerprint density at radius 1 is 0.939 bits per heavy atom. The van der Waals surface area contributed by atoms with Gasteiger partial charge in [-0.1, -0.05) is 30.3 Å². The Kier molecular flexibility index (Phi) is 6.37. The van der Waals surface area contributed by atoms with Crippen molar-refractivity contribution in [2.24, 2.45) is 0 Å². The van der Waals surface area contributed by atoms with Crippen molar-refractivity contribution in [2.75, 3.05) is 19.5 Å². The van der Waals surface area contributed by atoms with Crippen LogP contribution in [0.4, 0.5) is 14.5 Å². The minimum atomic E-state index is -0.857. The van der Waals surface area contributed by atoms with Crippen molar-refractivity contribution in [2.45, 2.75) is 6.92 Å². The van der Waals surface area contributed by atoms with E-state index in [1.807, 2.05) is 6.07 Å². The Bertz CT molecular complexity index is 1320. The molecule has 33 heavy (non-hydrogen) atoms. The molecular weight excluding hydrogens is 446 g/mol. The highest BCUT2D eigenvalue weighted by atomic mass is 32.1. The molecular formula is C25H20F2N2O3S. The van der Waals surface area contributed by atoms with Crippen LogP contribution in [0.25, 0.3) is 21.7 Å². The number of carbonyl (C=O) groups is 1. The van der Waals surface area contributed by atoms with Gasteiger partial charge in [-0.25, -0.2) is 13.8 Å². The van der Waals surface area contributed by atoms with Crippen molar-refractivity contribution in [1.29, 1.82) is 0 Å². The molecule has 0 saturated carbocycles. The number of nitrogens with zero attached hydrogens (tertiary/aromatic N) is 1. The summed E-state index contributed by atoms with van der Waals surface area (Å²) in [5.74, 6) is -1.000. The number of aromatic nitrogens is 1. The molecule has 1 amide bonds. The first-order valence-corrected chi connectivity index (χ1v) is 10.8. The van der Waals surface area contributed by atoms with Gasteiger partial charge in [0.25, 0.3) is 5.91 Å². The van der Waals surface area contributed by atoms with Gasteiger partial charge >= 0.3 is 0 Å². The number of anilines is 1. The number of halogens is 2. The molecule has 168 valence electrons. The van der Waals surface area contributed by atoms with E-state index in [1.54, 1.807) is 56.5 Å². The fourth-order valence-electron chi connectivity index (χ4n) is 3.42. The van der Waals surface area contributed by atoms with Gasteiger partial charge in [0.15, 0.2) is 11.5 Å². The van der Waals surface area contributed by atoms with E-state index in [2.05, 4.69) is 10.3 Å². The Morgan fingerprint density at radius 2 is 1.67 bits per heavy atom. The maximum atomic E-state index is 14.7. The van der Waals surface area contributed by atoms with Crippen LogP contribution in [0.5, 0.6) is 11.5 Å². The van der Waals surface area contributed by atoms with Crippen molar-refractivity contribution in [3.8, 4) is 33.2 Å². The minimum Gasteiger partial charge on any atom is -0.493 e. The number of hydrogen-bond acceptors (Lipinski definition) is 5. The van der Waals surface area contributed by atoms with Gasteiger partial charge in [-0.05, 0) is 36.8 Å². The fraction of sp³-hybridized carbons (Fsp3) is 0.120. The summed E-state index contributed by atoms with van der Waals surface area (Å²) in [6.07, 6.45) is 0. The Labute approximate surface area is 193 Å². The van der Waals surface area contributed by atoms with Crippen molar-refractivity contribution < 1.29 is 23.0 Å². The van der Waals surface area contributed by atoms with Gasteiger partial charge in [0.1, 0.15) is 21.5 Å². The molecule has 0 unspecified atom stereocenters. The molecule has 4 rings (SSSR count). The molecule has 3 aromatic carbocycles. The second kappa shape index (κ2) is 9.38. The van der Waals surface area contributed by atoms with Crippen LogP contribution in [0.15, 0.2) is 60.7 Å². The van der Waals surface area contributed by atoms with E-state index >= 15 is 0 Å². The topological polar surface area (TPSA) is 60.5 Å². The molecule has 4 aromatic rings. The minimum absolute atomic E-state index is 0.0898. The Morgan fingerprint density at radius 3 is 2.36 bits per heavy atom. The summed E-state index contributed by atoms with van der Waals surface area (Å²) in [6, 6.07) is 16.0. The lowest BCUT2D eigenvalue weighted by molar-refractivity contribution is 0.102. The highest BCUT2D eigenvalue weighted by Gasteiger charge is 2.21. The van der Waals surface area contributed by atoms with Crippen LogP contribution in [0, 0.1) is 18.6 Å².